The highest BCUT2D eigenvalue weighted by Crippen LogP contribution is 2.40. The molecule has 0 saturated carbocycles. The maximum absolute atomic E-state index is 11.4. The van der Waals surface area contributed by atoms with Crippen LogP contribution >= 0.6 is 11.8 Å². The van der Waals surface area contributed by atoms with Gasteiger partial charge in [-0.15, -0.1) is 0 Å². The molecule has 2 aromatic carbocycles. The van der Waals surface area contributed by atoms with Crippen molar-refractivity contribution in [2.75, 3.05) is 13.2 Å². The van der Waals surface area contributed by atoms with Crippen LogP contribution in [-0.4, -0.2) is 23.9 Å². The Morgan fingerprint density at radius 2 is 1.87 bits per heavy atom. The molecule has 23 heavy (non-hydrogen) atoms. The largest absolute Gasteiger partial charge is 0.486 e. The molecule has 0 radical (unpaired) electrons. The van der Waals surface area contributed by atoms with Gasteiger partial charge in [-0.3, -0.25) is 14.9 Å². The number of ketones is 1. The average Bonchev–Trinajstić information content (AvgIpc) is 2.54. The van der Waals surface area contributed by atoms with Gasteiger partial charge in [0.25, 0.3) is 5.69 Å². The summed E-state index contributed by atoms with van der Waals surface area (Å²) in [5.74, 6) is 1.09. The van der Waals surface area contributed by atoms with Crippen molar-refractivity contribution in [3.63, 3.8) is 0 Å². The van der Waals surface area contributed by atoms with Crippen LogP contribution in [0.3, 0.4) is 0 Å². The molecule has 118 valence electrons. The maximum atomic E-state index is 11.4. The fourth-order valence-electron chi connectivity index (χ4n) is 2.18. The van der Waals surface area contributed by atoms with Crippen LogP contribution in [-0.2, 0) is 0 Å². The van der Waals surface area contributed by atoms with E-state index < -0.39 is 4.92 Å². The molecule has 1 aliphatic rings. The van der Waals surface area contributed by atoms with Crippen LogP contribution in [0.2, 0.25) is 0 Å². The SMILES string of the molecule is CC(=O)c1ccc(Sc2ccc3c(c2)OCCO3)c([N+](=O)[O-])c1. The Kier molecular flexibility index (Phi) is 4.20. The van der Waals surface area contributed by atoms with Crippen LogP contribution < -0.4 is 9.47 Å². The normalized spacial score (nSPS) is 12.7. The lowest BCUT2D eigenvalue weighted by atomic mass is 10.1. The van der Waals surface area contributed by atoms with Gasteiger partial charge < -0.3 is 9.47 Å². The fourth-order valence-corrected chi connectivity index (χ4v) is 3.11. The standard InChI is InChI=1S/C16H13NO5S/c1-10(18)11-2-5-16(13(8-11)17(19)20)23-12-3-4-14-15(9-12)22-7-6-21-14/h2-5,8-9H,6-7H2,1H3. The summed E-state index contributed by atoms with van der Waals surface area (Å²) in [7, 11) is 0. The minimum Gasteiger partial charge on any atom is -0.486 e. The van der Waals surface area contributed by atoms with E-state index >= 15 is 0 Å². The van der Waals surface area contributed by atoms with E-state index in [9.17, 15) is 14.9 Å². The van der Waals surface area contributed by atoms with Crippen LogP contribution in [0.1, 0.15) is 17.3 Å². The second-order valence-corrected chi connectivity index (χ2v) is 6.02. The van der Waals surface area contributed by atoms with E-state index in [1.807, 2.05) is 6.07 Å². The first-order valence-corrected chi connectivity index (χ1v) is 7.73. The Balaban J connectivity index is 1.93. The van der Waals surface area contributed by atoms with E-state index in [0.717, 1.165) is 4.90 Å². The molecule has 0 amide bonds. The van der Waals surface area contributed by atoms with E-state index in [2.05, 4.69) is 0 Å². The molecule has 2 aromatic rings. The molecule has 1 heterocycles. The smallest absolute Gasteiger partial charge is 0.283 e. The van der Waals surface area contributed by atoms with Crippen molar-refractivity contribution in [2.45, 2.75) is 16.7 Å². The van der Waals surface area contributed by atoms with Gasteiger partial charge in [-0.1, -0.05) is 11.8 Å². The molecule has 0 atom stereocenters. The summed E-state index contributed by atoms with van der Waals surface area (Å²) in [5.41, 5.74) is 0.237. The van der Waals surface area contributed by atoms with Crippen LogP contribution in [0.4, 0.5) is 5.69 Å². The van der Waals surface area contributed by atoms with Gasteiger partial charge in [0.1, 0.15) is 13.2 Å². The Morgan fingerprint density at radius 1 is 1.13 bits per heavy atom. The first kappa shape index (κ1) is 15.4. The molecule has 0 saturated heterocycles. The van der Waals surface area contributed by atoms with Gasteiger partial charge in [0.15, 0.2) is 17.3 Å². The zero-order valence-electron chi connectivity index (χ0n) is 12.3. The van der Waals surface area contributed by atoms with Crippen molar-refractivity contribution < 1.29 is 19.2 Å². The van der Waals surface area contributed by atoms with Crippen LogP contribution in [0.5, 0.6) is 11.5 Å². The molecule has 6 nitrogen and oxygen atoms in total. The predicted octanol–water partition coefficient (Wildman–Crippen LogP) is 3.72. The molecule has 0 unspecified atom stereocenters. The van der Waals surface area contributed by atoms with Crippen molar-refractivity contribution in [3.05, 3.63) is 52.1 Å². The highest BCUT2D eigenvalue weighted by atomic mass is 32.2. The predicted molar refractivity (Wildman–Crippen MR) is 84.7 cm³/mol. The van der Waals surface area contributed by atoms with Crippen molar-refractivity contribution in [1.29, 1.82) is 0 Å². The first-order valence-electron chi connectivity index (χ1n) is 6.91. The van der Waals surface area contributed by atoms with Crippen LogP contribution in [0.15, 0.2) is 46.2 Å². The quantitative estimate of drug-likeness (QED) is 0.483. The summed E-state index contributed by atoms with van der Waals surface area (Å²) < 4.78 is 11.0. The Labute approximate surface area is 136 Å². The number of nitro benzene ring substituents is 1. The number of benzene rings is 2. The zero-order chi connectivity index (χ0) is 16.4. The van der Waals surface area contributed by atoms with Crippen molar-refractivity contribution >= 4 is 23.2 Å². The number of rotatable bonds is 4. The fraction of sp³-hybridized carbons (Fsp3) is 0.188. The third kappa shape index (κ3) is 3.29. The summed E-state index contributed by atoms with van der Waals surface area (Å²) in [6.07, 6.45) is 0. The number of nitrogens with zero attached hydrogens (tertiary/aromatic N) is 1. The van der Waals surface area contributed by atoms with Crippen molar-refractivity contribution in [2.24, 2.45) is 0 Å². The van der Waals surface area contributed by atoms with Crippen molar-refractivity contribution in [3.8, 4) is 11.5 Å². The molecule has 0 fully saturated rings. The van der Waals surface area contributed by atoms with Gasteiger partial charge in [-0.25, -0.2) is 0 Å². The van der Waals surface area contributed by atoms with Crippen LogP contribution in [0, 0.1) is 10.1 Å². The van der Waals surface area contributed by atoms with E-state index in [1.165, 1.54) is 24.8 Å². The molecule has 0 aromatic heterocycles. The summed E-state index contributed by atoms with van der Waals surface area (Å²) in [6.45, 7) is 2.37. The highest BCUT2D eigenvalue weighted by Gasteiger charge is 2.18. The van der Waals surface area contributed by atoms with Gasteiger partial charge in [-0.05, 0) is 37.3 Å². The van der Waals surface area contributed by atoms with Crippen LogP contribution in [0.25, 0.3) is 0 Å². The summed E-state index contributed by atoms with van der Waals surface area (Å²) in [6, 6.07) is 9.89. The number of carbonyl (C=O) groups excluding carboxylic acids is 1. The number of hydrogen-bond donors (Lipinski definition) is 0. The topological polar surface area (TPSA) is 78.7 Å². The van der Waals surface area contributed by atoms with E-state index in [4.69, 9.17) is 9.47 Å². The van der Waals surface area contributed by atoms with E-state index in [0.29, 0.717) is 35.2 Å². The minimum atomic E-state index is -0.479. The zero-order valence-corrected chi connectivity index (χ0v) is 13.1. The lowest BCUT2D eigenvalue weighted by Gasteiger charge is -2.18. The molecule has 0 bridgehead atoms. The molecular formula is C16H13NO5S. The molecule has 3 rings (SSSR count). The average molecular weight is 331 g/mol. The number of hydrogen-bond acceptors (Lipinski definition) is 6. The monoisotopic (exact) mass is 331 g/mol. The van der Waals surface area contributed by atoms with Gasteiger partial charge >= 0.3 is 0 Å². The summed E-state index contributed by atoms with van der Waals surface area (Å²) in [4.78, 5) is 23.4. The molecule has 0 spiro atoms. The molecule has 7 heteroatoms. The maximum Gasteiger partial charge on any atom is 0.283 e. The number of nitro groups is 1. The molecular weight excluding hydrogens is 318 g/mol. The Bertz CT molecular complexity index is 790. The molecule has 0 N–H and O–H groups in total. The number of fused-ring (bicyclic) bond motifs is 1. The van der Waals surface area contributed by atoms with Gasteiger partial charge in [0.05, 0.1) is 9.82 Å². The lowest BCUT2D eigenvalue weighted by molar-refractivity contribution is -0.387. The third-order valence-electron chi connectivity index (χ3n) is 3.30. The summed E-state index contributed by atoms with van der Waals surface area (Å²) in [5, 5.41) is 11.3. The van der Waals surface area contributed by atoms with Crippen molar-refractivity contribution in [1.82, 2.24) is 0 Å². The Morgan fingerprint density at radius 3 is 2.57 bits per heavy atom. The van der Waals surface area contributed by atoms with E-state index in [1.54, 1.807) is 24.3 Å². The number of carbonyl (C=O) groups is 1. The van der Waals surface area contributed by atoms with E-state index in [-0.39, 0.29) is 11.5 Å². The van der Waals surface area contributed by atoms with Gasteiger partial charge in [0.2, 0.25) is 0 Å². The second kappa shape index (κ2) is 6.29. The third-order valence-corrected chi connectivity index (χ3v) is 4.36. The van der Waals surface area contributed by atoms with Gasteiger partial charge in [0, 0.05) is 16.5 Å². The van der Waals surface area contributed by atoms with Gasteiger partial charge in [-0.2, -0.15) is 0 Å². The Hall–Kier alpha value is -2.54. The molecule has 1 aliphatic heterocycles. The lowest BCUT2D eigenvalue weighted by Crippen LogP contribution is -2.15. The number of Topliss-reactive ketones (excluding diaryl/α,β-unsaturated/α-hetero) is 1. The minimum absolute atomic E-state index is 0.0856. The highest BCUT2D eigenvalue weighted by molar-refractivity contribution is 7.99. The summed E-state index contributed by atoms with van der Waals surface area (Å²) >= 11 is 1.25. The first-order chi connectivity index (χ1) is 11.0. The number of ether oxygens (including phenoxy) is 2. The second-order valence-electron chi connectivity index (χ2n) is 4.90. The molecule has 0 aliphatic carbocycles.